The third-order valence-corrected chi connectivity index (χ3v) is 2.84. The van der Waals surface area contributed by atoms with Crippen LogP contribution >= 0.6 is 15.9 Å². The zero-order chi connectivity index (χ0) is 15.5. The van der Waals surface area contributed by atoms with Crippen LogP contribution in [0, 0.1) is 11.3 Å². The van der Waals surface area contributed by atoms with Gasteiger partial charge in [0.1, 0.15) is 5.75 Å². The van der Waals surface area contributed by atoms with E-state index in [0.29, 0.717) is 21.4 Å². The van der Waals surface area contributed by atoms with Gasteiger partial charge in [0.25, 0.3) is 0 Å². The van der Waals surface area contributed by atoms with Crippen molar-refractivity contribution in [2.75, 3.05) is 5.32 Å². The van der Waals surface area contributed by atoms with Crippen molar-refractivity contribution in [2.24, 2.45) is 0 Å². The molecule has 0 amide bonds. The predicted molar refractivity (Wildman–Crippen MR) is 75.3 cm³/mol. The fourth-order valence-electron chi connectivity index (χ4n) is 1.66. The number of nitrogens with zero attached hydrogens (tertiary/aromatic N) is 1. The Morgan fingerprint density at radius 1 is 1.10 bits per heavy atom. The second-order valence-electron chi connectivity index (χ2n) is 4.04. The van der Waals surface area contributed by atoms with Gasteiger partial charge in [-0.15, -0.1) is 13.2 Å². The average Bonchev–Trinajstić information content (AvgIpc) is 2.36. The van der Waals surface area contributed by atoms with E-state index in [-0.39, 0.29) is 5.75 Å². The lowest BCUT2D eigenvalue weighted by atomic mass is 10.2. The predicted octanol–water partition coefficient (Wildman–Crippen LogP) is 4.96. The molecule has 0 aliphatic heterocycles. The molecule has 0 aliphatic rings. The molecule has 0 radical (unpaired) electrons. The first-order chi connectivity index (χ1) is 9.85. The molecule has 0 aliphatic carbocycles. The number of nitrogens with one attached hydrogen (secondary N) is 1. The fourth-order valence-corrected chi connectivity index (χ4v) is 2.16. The van der Waals surface area contributed by atoms with E-state index in [1.807, 2.05) is 6.07 Å². The van der Waals surface area contributed by atoms with Crippen LogP contribution in [0.25, 0.3) is 0 Å². The molecule has 108 valence electrons. The summed E-state index contributed by atoms with van der Waals surface area (Å²) in [4.78, 5) is 0. The Morgan fingerprint density at radius 3 is 2.52 bits per heavy atom. The molecule has 1 N–H and O–H groups in total. The minimum absolute atomic E-state index is 0.317. The number of hydrogen-bond acceptors (Lipinski definition) is 3. The molecule has 0 bridgehead atoms. The standard InChI is InChI=1S/C14H8BrF3N2O/c15-10-4-9(8-19)5-12(6-10)20-11-2-1-3-13(7-11)21-14(16,17)18/h1-7,20H. The maximum Gasteiger partial charge on any atom is 0.573 e. The molecule has 0 spiro atoms. The summed E-state index contributed by atoms with van der Waals surface area (Å²) in [5.41, 5.74) is 1.42. The first kappa shape index (κ1) is 15.2. The molecule has 0 atom stereocenters. The molecule has 0 aromatic heterocycles. The summed E-state index contributed by atoms with van der Waals surface area (Å²) in [5.74, 6) is -0.317. The molecule has 0 unspecified atom stereocenters. The lowest BCUT2D eigenvalue weighted by Gasteiger charge is -2.11. The van der Waals surface area contributed by atoms with Crippen LogP contribution < -0.4 is 10.1 Å². The number of anilines is 2. The molecule has 2 aromatic rings. The molecule has 2 aromatic carbocycles. The minimum Gasteiger partial charge on any atom is -0.406 e. The minimum atomic E-state index is -4.73. The monoisotopic (exact) mass is 356 g/mol. The Balaban J connectivity index is 2.22. The van der Waals surface area contributed by atoms with Crippen LogP contribution in [0.15, 0.2) is 46.9 Å². The smallest absolute Gasteiger partial charge is 0.406 e. The van der Waals surface area contributed by atoms with Gasteiger partial charge in [0, 0.05) is 21.9 Å². The van der Waals surface area contributed by atoms with Gasteiger partial charge in [-0.3, -0.25) is 0 Å². The third kappa shape index (κ3) is 4.68. The summed E-state index contributed by atoms with van der Waals surface area (Å²) in [6, 6.07) is 12.4. The van der Waals surface area contributed by atoms with E-state index in [2.05, 4.69) is 26.0 Å². The highest BCUT2D eigenvalue weighted by Gasteiger charge is 2.31. The van der Waals surface area contributed by atoms with E-state index in [9.17, 15) is 13.2 Å². The Hall–Kier alpha value is -2.20. The molecule has 21 heavy (non-hydrogen) atoms. The van der Waals surface area contributed by atoms with Gasteiger partial charge >= 0.3 is 6.36 Å². The molecule has 0 heterocycles. The average molecular weight is 357 g/mol. The highest BCUT2D eigenvalue weighted by Crippen LogP contribution is 2.28. The maximum atomic E-state index is 12.2. The number of benzene rings is 2. The number of halogens is 4. The van der Waals surface area contributed by atoms with Crippen molar-refractivity contribution in [1.82, 2.24) is 0 Å². The Labute approximate surface area is 127 Å². The normalized spacial score (nSPS) is 10.8. The Kier molecular flexibility index (Phi) is 4.38. The highest BCUT2D eigenvalue weighted by atomic mass is 79.9. The van der Waals surface area contributed by atoms with E-state index in [1.54, 1.807) is 24.3 Å². The van der Waals surface area contributed by atoms with E-state index >= 15 is 0 Å². The highest BCUT2D eigenvalue weighted by molar-refractivity contribution is 9.10. The Morgan fingerprint density at radius 2 is 1.86 bits per heavy atom. The van der Waals surface area contributed by atoms with Crippen molar-refractivity contribution >= 4 is 27.3 Å². The largest absolute Gasteiger partial charge is 0.573 e. The Bertz CT molecular complexity index is 695. The fraction of sp³-hybridized carbons (Fsp3) is 0.0714. The SMILES string of the molecule is N#Cc1cc(Br)cc(Nc2cccc(OC(F)(F)F)c2)c1. The van der Waals surface area contributed by atoms with Gasteiger partial charge in [0.05, 0.1) is 11.6 Å². The molecule has 2 rings (SSSR count). The van der Waals surface area contributed by atoms with Gasteiger partial charge in [-0.1, -0.05) is 22.0 Å². The first-order valence-electron chi connectivity index (χ1n) is 5.69. The summed E-state index contributed by atoms with van der Waals surface area (Å²) in [6.07, 6.45) is -4.73. The first-order valence-corrected chi connectivity index (χ1v) is 6.48. The van der Waals surface area contributed by atoms with Crippen molar-refractivity contribution < 1.29 is 17.9 Å². The summed E-state index contributed by atoms with van der Waals surface area (Å²) < 4.78 is 41.0. The van der Waals surface area contributed by atoms with E-state index in [0.717, 1.165) is 0 Å². The number of rotatable bonds is 3. The van der Waals surface area contributed by atoms with Gasteiger partial charge in [-0.25, -0.2) is 0 Å². The van der Waals surface area contributed by atoms with Crippen LogP contribution in [-0.4, -0.2) is 6.36 Å². The molecule has 0 saturated heterocycles. The summed E-state index contributed by atoms with van der Waals surface area (Å²) in [5, 5.41) is 11.8. The van der Waals surface area contributed by atoms with Crippen molar-refractivity contribution in [1.29, 1.82) is 5.26 Å². The summed E-state index contributed by atoms with van der Waals surface area (Å²) in [6.45, 7) is 0. The topological polar surface area (TPSA) is 45.0 Å². The maximum absolute atomic E-state index is 12.2. The van der Waals surface area contributed by atoms with E-state index < -0.39 is 6.36 Å². The van der Waals surface area contributed by atoms with Crippen LogP contribution in [-0.2, 0) is 0 Å². The molecule has 0 fully saturated rings. The second-order valence-corrected chi connectivity index (χ2v) is 4.96. The molecular formula is C14H8BrF3N2O. The number of nitriles is 1. The van der Waals surface area contributed by atoms with Crippen LogP contribution in [0.5, 0.6) is 5.75 Å². The molecule has 7 heteroatoms. The van der Waals surface area contributed by atoms with Crippen LogP contribution in [0.2, 0.25) is 0 Å². The van der Waals surface area contributed by atoms with Crippen molar-refractivity contribution in [3.05, 3.63) is 52.5 Å². The van der Waals surface area contributed by atoms with Gasteiger partial charge in [-0.05, 0) is 30.3 Å². The zero-order valence-electron chi connectivity index (χ0n) is 10.4. The summed E-state index contributed by atoms with van der Waals surface area (Å²) >= 11 is 3.26. The van der Waals surface area contributed by atoms with Crippen LogP contribution in [0.4, 0.5) is 24.5 Å². The van der Waals surface area contributed by atoms with Crippen LogP contribution in [0.3, 0.4) is 0 Å². The van der Waals surface area contributed by atoms with Crippen molar-refractivity contribution in [3.8, 4) is 11.8 Å². The van der Waals surface area contributed by atoms with Gasteiger partial charge in [0.15, 0.2) is 0 Å². The van der Waals surface area contributed by atoms with Gasteiger partial charge in [0.2, 0.25) is 0 Å². The van der Waals surface area contributed by atoms with Crippen molar-refractivity contribution in [3.63, 3.8) is 0 Å². The second kappa shape index (κ2) is 6.06. The lowest BCUT2D eigenvalue weighted by molar-refractivity contribution is -0.274. The van der Waals surface area contributed by atoms with Crippen LogP contribution in [0.1, 0.15) is 5.56 Å². The number of ether oxygens (including phenoxy) is 1. The van der Waals surface area contributed by atoms with Crippen molar-refractivity contribution in [2.45, 2.75) is 6.36 Å². The molecule has 3 nitrogen and oxygen atoms in total. The van der Waals surface area contributed by atoms with Gasteiger partial charge in [-0.2, -0.15) is 5.26 Å². The van der Waals surface area contributed by atoms with E-state index in [4.69, 9.17) is 5.26 Å². The van der Waals surface area contributed by atoms with E-state index in [1.165, 1.54) is 18.2 Å². The quantitative estimate of drug-likeness (QED) is 0.844. The van der Waals surface area contributed by atoms with Gasteiger partial charge < -0.3 is 10.1 Å². The molecule has 0 saturated carbocycles. The molecular weight excluding hydrogens is 349 g/mol. The zero-order valence-corrected chi connectivity index (χ0v) is 12.0. The third-order valence-electron chi connectivity index (χ3n) is 2.38. The summed E-state index contributed by atoms with van der Waals surface area (Å²) in [7, 11) is 0. The number of hydrogen-bond donors (Lipinski definition) is 1. The lowest BCUT2D eigenvalue weighted by Crippen LogP contribution is -2.17. The number of alkyl halides is 3.